The minimum atomic E-state index is -4.06. The lowest BCUT2D eigenvalue weighted by atomic mass is 10.1. The highest BCUT2D eigenvalue weighted by Gasteiger charge is 2.29. The summed E-state index contributed by atoms with van der Waals surface area (Å²) in [4.78, 5) is 13.2. The molecule has 0 aliphatic carbocycles. The fourth-order valence-corrected chi connectivity index (χ4v) is 4.70. The van der Waals surface area contributed by atoms with Crippen LogP contribution in [0.5, 0.6) is 11.5 Å². The zero-order valence-electron chi connectivity index (χ0n) is 18.2. The van der Waals surface area contributed by atoms with Gasteiger partial charge in [-0.3, -0.25) is 4.79 Å². The summed E-state index contributed by atoms with van der Waals surface area (Å²) in [5.74, 6) is 0.169. The van der Waals surface area contributed by atoms with Crippen LogP contribution in [0.1, 0.15) is 11.1 Å². The summed E-state index contributed by atoms with van der Waals surface area (Å²) < 4.78 is 39.6. The summed E-state index contributed by atoms with van der Waals surface area (Å²) in [6, 6.07) is 19.9. The van der Waals surface area contributed by atoms with Gasteiger partial charge in [0.15, 0.2) is 0 Å². The van der Waals surface area contributed by atoms with E-state index in [1.165, 1.54) is 20.3 Å². The normalized spacial score (nSPS) is 12.1. The molecule has 0 bridgehead atoms. The van der Waals surface area contributed by atoms with Crippen LogP contribution in [-0.2, 0) is 21.2 Å². The first kappa shape index (κ1) is 23.3. The van der Waals surface area contributed by atoms with Gasteiger partial charge in [0.2, 0.25) is 15.9 Å². The molecule has 168 valence electrons. The van der Waals surface area contributed by atoms with Gasteiger partial charge >= 0.3 is 0 Å². The average Bonchev–Trinajstić information content (AvgIpc) is 2.79. The molecule has 0 fully saturated rings. The monoisotopic (exact) mass is 454 g/mol. The molecule has 1 amide bonds. The van der Waals surface area contributed by atoms with Crippen LogP contribution in [-0.4, -0.2) is 34.6 Å². The van der Waals surface area contributed by atoms with E-state index in [1.54, 1.807) is 43.3 Å². The Labute approximate surface area is 188 Å². The first-order valence-electron chi connectivity index (χ1n) is 9.99. The van der Waals surface area contributed by atoms with E-state index in [0.717, 1.165) is 11.1 Å². The number of aryl methyl sites for hydroxylation is 1. The maximum Gasteiger partial charge on any atom is 0.245 e. The molecular weight excluding hydrogens is 428 g/mol. The molecule has 0 saturated carbocycles. The van der Waals surface area contributed by atoms with Crippen LogP contribution in [0.3, 0.4) is 0 Å². The van der Waals surface area contributed by atoms with Crippen molar-refractivity contribution in [3.63, 3.8) is 0 Å². The number of methoxy groups -OCH3 is 2. The highest BCUT2D eigenvalue weighted by Crippen LogP contribution is 2.26. The maximum atomic E-state index is 13.2. The van der Waals surface area contributed by atoms with Gasteiger partial charge in [0.25, 0.3) is 0 Å². The summed E-state index contributed by atoms with van der Waals surface area (Å²) in [6.07, 6.45) is 0.162. The zero-order chi connectivity index (χ0) is 23.1. The fourth-order valence-electron chi connectivity index (χ4n) is 3.25. The number of sulfonamides is 1. The number of nitrogens with one attached hydrogen (secondary N) is 2. The van der Waals surface area contributed by atoms with Gasteiger partial charge in [-0.1, -0.05) is 48.5 Å². The lowest BCUT2D eigenvalue weighted by Crippen LogP contribution is -2.45. The number of ether oxygens (including phenoxy) is 2. The maximum absolute atomic E-state index is 13.2. The van der Waals surface area contributed by atoms with Crippen LogP contribution in [0.15, 0.2) is 77.7 Å². The third kappa shape index (κ3) is 5.66. The molecule has 0 heterocycles. The molecule has 0 aliphatic rings. The Hall–Kier alpha value is -3.36. The predicted octanol–water partition coefficient (Wildman–Crippen LogP) is 3.54. The zero-order valence-corrected chi connectivity index (χ0v) is 19.0. The van der Waals surface area contributed by atoms with E-state index in [1.807, 2.05) is 30.3 Å². The number of benzene rings is 3. The van der Waals surface area contributed by atoms with Crippen LogP contribution in [0.25, 0.3) is 0 Å². The molecule has 2 N–H and O–H groups in total. The van der Waals surface area contributed by atoms with Gasteiger partial charge in [0.05, 0.1) is 19.9 Å². The smallest absolute Gasteiger partial charge is 0.245 e. The van der Waals surface area contributed by atoms with Crippen molar-refractivity contribution in [2.45, 2.75) is 24.3 Å². The predicted molar refractivity (Wildman–Crippen MR) is 124 cm³/mol. The topological polar surface area (TPSA) is 93.7 Å². The van der Waals surface area contributed by atoms with Crippen LogP contribution < -0.4 is 19.5 Å². The molecule has 0 aromatic heterocycles. The van der Waals surface area contributed by atoms with E-state index in [9.17, 15) is 13.2 Å². The standard InChI is InChI=1S/C24H26N2O5S/c1-17-13-14-22(31-3)23(15-17)32(28,29)26-20(16-18-9-5-4-6-10-18)24(27)25-19-11-7-8-12-21(19)30-2/h4-15,20,26H,16H2,1-3H3,(H,25,27)/t20-/m1/s1. The molecule has 7 nitrogen and oxygen atoms in total. The Kier molecular flexibility index (Phi) is 7.50. The second-order valence-corrected chi connectivity index (χ2v) is 8.89. The van der Waals surface area contributed by atoms with Gasteiger partial charge in [0.1, 0.15) is 22.4 Å². The van der Waals surface area contributed by atoms with E-state index < -0.39 is 22.0 Å². The molecule has 3 rings (SSSR count). The van der Waals surface area contributed by atoms with E-state index in [0.29, 0.717) is 11.4 Å². The summed E-state index contributed by atoms with van der Waals surface area (Å²) in [5, 5.41) is 2.77. The molecule has 0 saturated heterocycles. The molecular formula is C24H26N2O5S. The second-order valence-electron chi connectivity index (χ2n) is 7.21. The molecule has 0 spiro atoms. The number of carbonyl (C=O) groups excluding carboxylic acids is 1. The lowest BCUT2D eigenvalue weighted by molar-refractivity contribution is -0.117. The van der Waals surface area contributed by atoms with Crippen molar-refractivity contribution in [1.82, 2.24) is 4.72 Å². The van der Waals surface area contributed by atoms with Crippen molar-refractivity contribution in [3.05, 3.63) is 83.9 Å². The highest BCUT2D eigenvalue weighted by molar-refractivity contribution is 7.89. The van der Waals surface area contributed by atoms with Crippen LogP contribution in [0.2, 0.25) is 0 Å². The third-order valence-electron chi connectivity index (χ3n) is 4.87. The Bertz CT molecular complexity index is 1180. The van der Waals surface area contributed by atoms with E-state index in [-0.39, 0.29) is 17.1 Å². The molecule has 3 aromatic carbocycles. The first-order valence-corrected chi connectivity index (χ1v) is 11.5. The summed E-state index contributed by atoms with van der Waals surface area (Å²) in [7, 11) is -1.16. The van der Waals surface area contributed by atoms with E-state index in [2.05, 4.69) is 10.0 Å². The summed E-state index contributed by atoms with van der Waals surface area (Å²) in [6.45, 7) is 1.79. The Balaban J connectivity index is 1.94. The molecule has 8 heteroatoms. The molecule has 3 aromatic rings. The quantitative estimate of drug-likeness (QED) is 0.516. The third-order valence-corrected chi connectivity index (χ3v) is 6.36. The van der Waals surface area contributed by atoms with Crippen LogP contribution in [0, 0.1) is 6.92 Å². The van der Waals surface area contributed by atoms with Crippen molar-refractivity contribution < 1.29 is 22.7 Å². The van der Waals surface area contributed by atoms with Gasteiger partial charge in [-0.2, -0.15) is 4.72 Å². The van der Waals surface area contributed by atoms with E-state index >= 15 is 0 Å². The van der Waals surface area contributed by atoms with Crippen molar-refractivity contribution in [2.75, 3.05) is 19.5 Å². The molecule has 0 unspecified atom stereocenters. The minimum Gasteiger partial charge on any atom is -0.495 e. The number of amides is 1. The number of anilines is 1. The minimum absolute atomic E-state index is 0.0249. The number of para-hydroxylation sites is 2. The number of hydrogen-bond donors (Lipinski definition) is 2. The SMILES string of the molecule is COc1ccccc1NC(=O)[C@@H](Cc1ccccc1)NS(=O)(=O)c1cc(C)ccc1OC. The summed E-state index contributed by atoms with van der Waals surface area (Å²) >= 11 is 0. The van der Waals surface area contributed by atoms with Gasteiger partial charge in [0, 0.05) is 0 Å². The number of carbonyl (C=O) groups is 1. The molecule has 0 aliphatic heterocycles. The number of hydrogen-bond acceptors (Lipinski definition) is 5. The first-order chi connectivity index (χ1) is 15.3. The van der Waals surface area contributed by atoms with Gasteiger partial charge in [-0.05, 0) is 48.7 Å². The van der Waals surface area contributed by atoms with Crippen molar-refractivity contribution >= 4 is 21.6 Å². The van der Waals surface area contributed by atoms with Crippen molar-refractivity contribution in [3.8, 4) is 11.5 Å². The fraction of sp³-hybridized carbons (Fsp3) is 0.208. The highest BCUT2D eigenvalue weighted by atomic mass is 32.2. The second kappa shape index (κ2) is 10.3. The van der Waals surface area contributed by atoms with Gasteiger partial charge in [-0.25, -0.2) is 8.42 Å². The van der Waals surface area contributed by atoms with Crippen LogP contribution in [0.4, 0.5) is 5.69 Å². The molecule has 32 heavy (non-hydrogen) atoms. The van der Waals surface area contributed by atoms with Gasteiger partial charge < -0.3 is 14.8 Å². The summed E-state index contributed by atoms with van der Waals surface area (Å²) in [5.41, 5.74) is 2.02. The largest absolute Gasteiger partial charge is 0.495 e. The average molecular weight is 455 g/mol. The molecule has 0 radical (unpaired) electrons. The Morgan fingerprint density at radius 3 is 2.25 bits per heavy atom. The van der Waals surface area contributed by atoms with Crippen molar-refractivity contribution in [1.29, 1.82) is 0 Å². The van der Waals surface area contributed by atoms with Gasteiger partial charge in [-0.15, -0.1) is 0 Å². The van der Waals surface area contributed by atoms with Crippen LogP contribution >= 0.6 is 0 Å². The lowest BCUT2D eigenvalue weighted by Gasteiger charge is -2.20. The van der Waals surface area contributed by atoms with E-state index in [4.69, 9.17) is 9.47 Å². The number of rotatable bonds is 9. The van der Waals surface area contributed by atoms with Crippen molar-refractivity contribution in [2.24, 2.45) is 0 Å². The molecule has 1 atom stereocenters. The Morgan fingerprint density at radius 1 is 0.906 bits per heavy atom. The Morgan fingerprint density at radius 2 is 1.56 bits per heavy atom.